The molecule has 1 fully saturated rings. The molecule has 0 atom stereocenters. The SMILES string of the molecule is CCOc1ccc(NC(=O)c2ccccc2OC(F)F)cc1S(=O)(=O)N1CCCCC1. The van der Waals surface area contributed by atoms with Crippen LogP contribution < -0.4 is 14.8 Å². The van der Waals surface area contributed by atoms with E-state index in [2.05, 4.69) is 10.1 Å². The molecule has 2 aromatic rings. The molecule has 168 valence electrons. The number of hydrogen-bond donors (Lipinski definition) is 1. The summed E-state index contributed by atoms with van der Waals surface area (Å²) in [6.45, 7) is -0.230. The van der Waals surface area contributed by atoms with Crippen LogP contribution >= 0.6 is 0 Å². The van der Waals surface area contributed by atoms with Crippen LogP contribution in [0.4, 0.5) is 14.5 Å². The number of nitrogens with zero attached hydrogens (tertiary/aromatic N) is 1. The Balaban J connectivity index is 1.91. The Morgan fingerprint density at radius 3 is 2.48 bits per heavy atom. The fraction of sp³-hybridized carbons (Fsp3) is 0.381. The molecule has 1 aliphatic rings. The third-order valence-corrected chi connectivity index (χ3v) is 6.70. The zero-order valence-electron chi connectivity index (χ0n) is 17.0. The zero-order chi connectivity index (χ0) is 22.4. The van der Waals surface area contributed by atoms with Crippen molar-refractivity contribution in [3.05, 3.63) is 48.0 Å². The molecule has 10 heteroatoms. The Labute approximate surface area is 180 Å². The predicted molar refractivity (Wildman–Crippen MR) is 111 cm³/mol. The number of hydrogen-bond acceptors (Lipinski definition) is 5. The maximum Gasteiger partial charge on any atom is 0.387 e. The first-order valence-corrected chi connectivity index (χ1v) is 11.4. The van der Waals surface area contributed by atoms with Crippen LogP contribution in [0, 0.1) is 0 Å². The number of halogens is 2. The summed E-state index contributed by atoms with van der Waals surface area (Å²) in [4.78, 5) is 12.6. The number of carbonyl (C=O) groups is 1. The van der Waals surface area contributed by atoms with Crippen LogP contribution in [0.1, 0.15) is 36.5 Å². The number of amides is 1. The van der Waals surface area contributed by atoms with Gasteiger partial charge in [-0.1, -0.05) is 18.6 Å². The minimum atomic E-state index is -3.83. The van der Waals surface area contributed by atoms with Gasteiger partial charge >= 0.3 is 6.61 Å². The molecule has 0 aliphatic carbocycles. The smallest absolute Gasteiger partial charge is 0.387 e. The quantitative estimate of drug-likeness (QED) is 0.649. The molecule has 31 heavy (non-hydrogen) atoms. The summed E-state index contributed by atoms with van der Waals surface area (Å²) in [5.41, 5.74) is 0.0907. The van der Waals surface area contributed by atoms with Gasteiger partial charge in [-0.3, -0.25) is 4.79 Å². The molecular weight excluding hydrogens is 430 g/mol. The standard InChI is InChI=1S/C21H24F2N2O5S/c1-2-29-18-11-10-15(14-19(18)31(27,28)25-12-6-3-7-13-25)24-20(26)16-8-4-5-9-17(16)30-21(22)23/h4-5,8-11,14,21H,2-3,6-7,12-13H2,1H3,(H,24,26). The molecule has 1 amide bonds. The molecule has 1 aliphatic heterocycles. The predicted octanol–water partition coefficient (Wildman–Crippen LogP) is 4.11. The first kappa shape index (κ1) is 23.0. The molecule has 0 radical (unpaired) electrons. The van der Waals surface area contributed by atoms with Crippen LogP contribution in [-0.2, 0) is 10.0 Å². The molecule has 0 saturated carbocycles. The van der Waals surface area contributed by atoms with Gasteiger partial charge in [-0.25, -0.2) is 8.42 Å². The summed E-state index contributed by atoms with van der Waals surface area (Å²) >= 11 is 0. The molecule has 3 rings (SSSR count). The van der Waals surface area contributed by atoms with Crippen LogP contribution in [-0.4, -0.2) is 44.9 Å². The summed E-state index contributed by atoms with van der Waals surface area (Å²) in [5, 5.41) is 2.55. The average molecular weight is 454 g/mol. The lowest BCUT2D eigenvalue weighted by Gasteiger charge is -2.27. The number of alkyl halides is 2. The first-order chi connectivity index (χ1) is 14.8. The van der Waals surface area contributed by atoms with E-state index in [0.29, 0.717) is 13.1 Å². The summed E-state index contributed by atoms with van der Waals surface area (Å²) in [6.07, 6.45) is 2.53. The molecule has 1 saturated heterocycles. The van der Waals surface area contributed by atoms with Crippen molar-refractivity contribution in [3.8, 4) is 11.5 Å². The van der Waals surface area contributed by atoms with Crippen molar-refractivity contribution in [2.75, 3.05) is 25.0 Å². The molecule has 0 aromatic heterocycles. The van der Waals surface area contributed by atoms with E-state index in [-0.39, 0.29) is 34.3 Å². The van der Waals surface area contributed by atoms with Crippen molar-refractivity contribution >= 4 is 21.6 Å². The maximum atomic E-state index is 13.2. The van der Waals surface area contributed by atoms with Crippen molar-refractivity contribution in [1.82, 2.24) is 4.31 Å². The van der Waals surface area contributed by atoms with E-state index < -0.39 is 22.5 Å². The highest BCUT2D eigenvalue weighted by atomic mass is 32.2. The van der Waals surface area contributed by atoms with Gasteiger partial charge in [0.15, 0.2) is 0 Å². The van der Waals surface area contributed by atoms with Gasteiger partial charge in [0.2, 0.25) is 10.0 Å². The Kier molecular flexibility index (Phi) is 7.45. The summed E-state index contributed by atoms with van der Waals surface area (Å²) in [5.74, 6) is -0.795. The van der Waals surface area contributed by atoms with Crippen LogP contribution in [0.25, 0.3) is 0 Å². The minimum Gasteiger partial charge on any atom is -0.492 e. The monoisotopic (exact) mass is 454 g/mol. The third kappa shape index (κ3) is 5.50. The summed E-state index contributed by atoms with van der Waals surface area (Å²) < 4.78 is 63.0. The van der Waals surface area contributed by atoms with Crippen molar-refractivity contribution in [1.29, 1.82) is 0 Å². The van der Waals surface area contributed by atoms with Gasteiger partial charge in [-0.2, -0.15) is 13.1 Å². The number of rotatable bonds is 8. The van der Waals surface area contributed by atoms with Gasteiger partial charge in [0.1, 0.15) is 16.4 Å². The highest BCUT2D eigenvalue weighted by Crippen LogP contribution is 2.32. The van der Waals surface area contributed by atoms with E-state index in [4.69, 9.17) is 4.74 Å². The lowest BCUT2D eigenvalue weighted by Crippen LogP contribution is -2.35. The lowest BCUT2D eigenvalue weighted by molar-refractivity contribution is -0.0501. The van der Waals surface area contributed by atoms with Gasteiger partial charge in [0.05, 0.1) is 12.2 Å². The van der Waals surface area contributed by atoms with Crippen molar-refractivity contribution < 1.29 is 31.5 Å². The van der Waals surface area contributed by atoms with Crippen molar-refractivity contribution in [2.45, 2.75) is 37.7 Å². The second-order valence-corrected chi connectivity index (χ2v) is 8.79. The van der Waals surface area contributed by atoms with Gasteiger partial charge in [0.25, 0.3) is 5.91 Å². The van der Waals surface area contributed by atoms with E-state index >= 15 is 0 Å². The topological polar surface area (TPSA) is 84.9 Å². The van der Waals surface area contributed by atoms with Crippen LogP contribution in [0.5, 0.6) is 11.5 Å². The molecule has 0 spiro atoms. The molecule has 1 N–H and O–H groups in total. The molecular formula is C21H24F2N2O5S. The van der Waals surface area contributed by atoms with E-state index in [1.807, 2.05) is 0 Å². The lowest BCUT2D eigenvalue weighted by atomic mass is 10.2. The van der Waals surface area contributed by atoms with E-state index in [1.54, 1.807) is 6.92 Å². The van der Waals surface area contributed by atoms with Gasteiger partial charge < -0.3 is 14.8 Å². The molecule has 7 nitrogen and oxygen atoms in total. The third-order valence-electron chi connectivity index (χ3n) is 4.78. The molecule has 1 heterocycles. The highest BCUT2D eigenvalue weighted by molar-refractivity contribution is 7.89. The maximum absolute atomic E-state index is 13.2. The number of ether oxygens (including phenoxy) is 2. The summed E-state index contributed by atoms with van der Waals surface area (Å²) in [6, 6.07) is 9.86. The molecule has 0 unspecified atom stereocenters. The number of sulfonamides is 1. The normalized spacial score (nSPS) is 15.0. The van der Waals surface area contributed by atoms with Gasteiger partial charge in [-0.05, 0) is 50.1 Å². The van der Waals surface area contributed by atoms with E-state index in [1.165, 1.54) is 46.8 Å². The largest absolute Gasteiger partial charge is 0.492 e. The van der Waals surface area contributed by atoms with Crippen LogP contribution in [0.2, 0.25) is 0 Å². The van der Waals surface area contributed by atoms with Crippen LogP contribution in [0.3, 0.4) is 0 Å². The second-order valence-electron chi connectivity index (χ2n) is 6.89. The average Bonchev–Trinajstić information content (AvgIpc) is 2.75. The fourth-order valence-electron chi connectivity index (χ4n) is 3.36. The van der Waals surface area contributed by atoms with Gasteiger partial charge in [0, 0.05) is 18.8 Å². The number of nitrogens with one attached hydrogen (secondary N) is 1. The number of anilines is 1. The number of para-hydroxylation sites is 1. The fourth-order valence-corrected chi connectivity index (χ4v) is 5.03. The molecule has 0 bridgehead atoms. The van der Waals surface area contributed by atoms with Crippen molar-refractivity contribution in [2.24, 2.45) is 0 Å². The molecule has 2 aromatic carbocycles. The van der Waals surface area contributed by atoms with E-state index in [9.17, 15) is 22.0 Å². The Hall–Kier alpha value is -2.72. The number of benzene rings is 2. The second kappa shape index (κ2) is 10.1. The first-order valence-electron chi connectivity index (χ1n) is 9.95. The van der Waals surface area contributed by atoms with Gasteiger partial charge in [-0.15, -0.1) is 0 Å². The number of carbonyl (C=O) groups excluding carboxylic acids is 1. The Bertz CT molecular complexity index is 1020. The summed E-state index contributed by atoms with van der Waals surface area (Å²) in [7, 11) is -3.83. The highest BCUT2D eigenvalue weighted by Gasteiger charge is 2.29. The van der Waals surface area contributed by atoms with E-state index in [0.717, 1.165) is 19.3 Å². The number of piperidine rings is 1. The minimum absolute atomic E-state index is 0.0498. The Morgan fingerprint density at radius 2 is 1.81 bits per heavy atom. The van der Waals surface area contributed by atoms with Crippen LogP contribution in [0.15, 0.2) is 47.4 Å². The Morgan fingerprint density at radius 1 is 1.10 bits per heavy atom. The van der Waals surface area contributed by atoms with Crippen molar-refractivity contribution in [3.63, 3.8) is 0 Å². The zero-order valence-corrected chi connectivity index (χ0v) is 17.8.